The van der Waals surface area contributed by atoms with E-state index < -0.39 is 5.54 Å². The Kier molecular flexibility index (Phi) is 7.46. The molecule has 208 valence electrons. The lowest BCUT2D eigenvalue weighted by Gasteiger charge is -2.47. The van der Waals surface area contributed by atoms with E-state index in [-0.39, 0.29) is 41.3 Å². The molecule has 1 saturated carbocycles. The van der Waals surface area contributed by atoms with Gasteiger partial charge in [-0.05, 0) is 76.3 Å². The van der Waals surface area contributed by atoms with Gasteiger partial charge in [-0.25, -0.2) is 4.99 Å². The van der Waals surface area contributed by atoms with Crippen molar-refractivity contribution in [3.05, 3.63) is 29.3 Å². The number of nitrogens with two attached hydrogens (primary N) is 1. The molecule has 1 aromatic rings. The number of aryl methyl sites for hydroxylation is 1. The van der Waals surface area contributed by atoms with Crippen LogP contribution in [0.25, 0.3) is 0 Å². The number of aliphatic imine (C=N–C) groups is 1. The Balaban J connectivity index is 1.46. The number of amides is 2. The molecule has 0 radical (unpaired) electrons. The molecule has 7 rings (SSSR count). The lowest BCUT2D eigenvalue weighted by molar-refractivity contribution is -0.136. The van der Waals surface area contributed by atoms with Crippen LogP contribution in [0.1, 0.15) is 95.7 Å². The Morgan fingerprint density at radius 1 is 1.24 bits per heavy atom. The van der Waals surface area contributed by atoms with Gasteiger partial charge in [0, 0.05) is 37.7 Å². The quantitative estimate of drug-likeness (QED) is 0.612. The van der Waals surface area contributed by atoms with Crippen LogP contribution in [0.15, 0.2) is 23.2 Å². The minimum Gasteiger partial charge on any atom is -0.487 e. The predicted octanol–water partition coefficient (Wildman–Crippen LogP) is 4.26. The highest BCUT2D eigenvalue weighted by atomic mass is 16.5. The SMILES string of the molecule is CC[C@@]12CCCCc3ccc4c(c3)C(CC(C)(C)O4)NC(=O)C3CC(C3)C(CCOC)N(C(=O)C1)C(N)=N2. The van der Waals surface area contributed by atoms with Crippen molar-refractivity contribution in [1.82, 2.24) is 10.2 Å². The molecule has 2 amide bonds. The number of carbonyl (C=O) groups is 2. The van der Waals surface area contributed by atoms with Gasteiger partial charge in [0.1, 0.15) is 11.4 Å². The number of benzene rings is 1. The zero-order valence-electron chi connectivity index (χ0n) is 23.4. The van der Waals surface area contributed by atoms with Crippen molar-refractivity contribution in [2.75, 3.05) is 13.7 Å². The molecule has 8 nitrogen and oxygen atoms in total. The molecule has 0 spiro atoms. The number of guanidine groups is 1. The Morgan fingerprint density at radius 3 is 2.74 bits per heavy atom. The average molecular weight is 525 g/mol. The molecule has 38 heavy (non-hydrogen) atoms. The molecule has 0 saturated heterocycles. The van der Waals surface area contributed by atoms with E-state index in [4.69, 9.17) is 20.2 Å². The highest BCUT2D eigenvalue weighted by Crippen LogP contribution is 2.44. The lowest BCUT2D eigenvalue weighted by Crippen LogP contribution is -2.59. The second-order valence-electron chi connectivity index (χ2n) is 12.5. The molecule has 3 N–H and O–H groups in total. The fourth-order valence-corrected chi connectivity index (χ4v) is 6.98. The number of rotatable bonds is 4. The van der Waals surface area contributed by atoms with E-state index in [2.05, 4.69) is 44.3 Å². The first-order chi connectivity index (χ1) is 18.1. The molecule has 8 heteroatoms. The van der Waals surface area contributed by atoms with Crippen LogP contribution in [0, 0.1) is 11.8 Å². The highest BCUT2D eigenvalue weighted by molar-refractivity contribution is 5.99. The van der Waals surface area contributed by atoms with Gasteiger partial charge in [0.2, 0.25) is 11.8 Å². The summed E-state index contributed by atoms with van der Waals surface area (Å²) in [5.41, 5.74) is 8.09. The van der Waals surface area contributed by atoms with Crippen LogP contribution in [-0.4, -0.2) is 53.6 Å². The molecule has 1 aromatic carbocycles. The van der Waals surface area contributed by atoms with Crippen molar-refractivity contribution < 1.29 is 19.1 Å². The topological polar surface area (TPSA) is 106 Å². The van der Waals surface area contributed by atoms with Crippen molar-refractivity contribution in [3.8, 4) is 5.75 Å². The number of nitrogens with zero attached hydrogens (tertiary/aromatic N) is 2. The molecule has 1 fully saturated rings. The summed E-state index contributed by atoms with van der Waals surface area (Å²) in [5, 5.41) is 3.36. The normalized spacial score (nSPS) is 32.8. The number of methoxy groups -OCH3 is 1. The van der Waals surface area contributed by atoms with Gasteiger partial charge in [0.05, 0.1) is 18.0 Å². The largest absolute Gasteiger partial charge is 0.487 e. The summed E-state index contributed by atoms with van der Waals surface area (Å²) in [5.74, 6) is 1.46. The van der Waals surface area contributed by atoms with Gasteiger partial charge in [-0.2, -0.15) is 0 Å². The van der Waals surface area contributed by atoms with Gasteiger partial charge in [0.15, 0.2) is 5.96 Å². The number of hydrogen-bond acceptors (Lipinski definition) is 6. The van der Waals surface area contributed by atoms with E-state index in [0.29, 0.717) is 25.4 Å². The summed E-state index contributed by atoms with van der Waals surface area (Å²) in [4.78, 5) is 33.7. The number of carbonyl (C=O) groups excluding carboxylic acids is 2. The van der Waals surface area contributed by atoms with Crippen molar-refractivity contribution in [3.63, 3.8) is 0 Å². The maximum absolute atomic E-state index is 13.6. The molecule has 0 aromatic heterocycles. The fourth-order valence-electron chi connectivity index (χ4n) is 6.98. The Hall–Kier alpha value is -2.61. The minimum atomic E-state index is -0.433. The molecular weight excluding hydrogens is 480 g/mol. The standard InChI is InChI=1S/C30H44N4O4/c1-5-30-12-7-6-8-19-9-10-25-22(14-19)23(17-29(2,3)38-25)32-27(36)21-15-20(16-21)24(11-13-37-4)34(26(35)18-30)28(31)33-30/h9-10,14,20-21,23-24H,5-8,11-13,15-18H2,1-4H3,(H2,31,33)(H,32,36)/t20?,21?,23?,24?,30-/m1/s1. The van der Waals surface area contributed by atoms with Gasteiger partial charge in [-0.15, -0.1) is 0 Å². The summed E-state index contributed by atoms with van der Waals surface area (Å²) in [7, 11) is 1.67. The molecule has 6 aliphatic rings. The summed E-state index contributed by atoms with van der Waals surface area (Å²) in [6.45, 7) is 6.80. The first kappa shape index (κ1) is 27.0. The third kappa shape index (κ3) is 5.29. The second kappa shape index (κ2) is 10.5. The average Bonchev–Trinajstić information content (AvgIpc) is 2.82. The number of nitrogens with one attached hydrogen (secondary N) is 1. The molecule has 1 aliphatic carbocycles. The van der Waals surface area contributed by atoms with Gasteiger partial charge < -0.3 is 20.5 Å². The maximum atomic E-state index is 13.6. The molecule has 3 atom stereocenters. The Bertz CT molecular complexity index is 1100. The van der Waals surface area contributed by atoms with Crippen LogP contribution in [0.3, 0.4) is 0 Å². The third-order valence-electron chi connectivity index (χ3n) is 9.25. The maximum Gasteiger partial charge on any atom is 0.231 e. The van der Waals surface area contributed by atoms with Crippen LogP contribution < -0.4 is 15.8 Å². The van der Waals surface area contributed by atoms with Crippen LogP contribution in [0.2, 0.25) is 0 Å². The van der Waals surface area contributed by atoms with Crippen molar-refractivity contribution >= 4 is 17.8 Å². The minimum absolute atomic E-state index is 0.0548. The summed E-state index contributed by atoms with van der Waals surface area (Å²) < 4.78 is 11.7. The third-order valence-corrected chi connectivity index (χ3v) is 9.25. The van der Waals surface area contributed by atoms with Gasteiger partial charge in [0.25, 0.3) is 0 Å². The number of hydrogen-bond donors (Lipinski definition) is 2. The summed E-state index contributed by atoms with van der Waals surface area (Å²) in [6, 6.07) is 6.25. The van der Waals surface area contributed by atoms with Crippen molar-refractivity contribution in [2.45, 2.75) is 108 Å². The fraction of sp³-hybridized carbons (Fsp3) is 0.700. The molecule has 6 bridgehead atoms. The predicted molar refractivity (Wildman–Crippen MR) is 147 cm³/mol. The smallest absolute Gasteiger partial charge is 0.231 e. The van der Waals surface area contributed by atoms with Crippen LogP contribution in [0.4, 0.5) is 0 Å². The first-order valence-corrected chi connectivity index (χ1v) is 14.4. The van der Waals surface area contributed by atoms with E-state index in [1.165, 1.54) is 5.56 Å². The van der Waals surface area contributed by atoms with E-state index in [0.717, 1.165) is 62.7 Å². The van der Waals surface area contributed by atoms with E-state index >= 15 is 0 Å². The molecule has 2 unspecified atom stereocenters. The van der Waals surface area contributed by atoms with Crippen molar-refractivity contribution in [2.24, 2.45) is 22.6 Å². The molecule has 5 aliphatic heterocycles. The van der Waals surface area contributed by atoms with E-state index in [1.807, 2.05) is 0 Å². The monoisotopic (exact) mass is 524 g/mol. The molecular formula is C30H44N4O4. The number of ether oxygens (including phenoxy) is 2. The molecule has 5 heterocycles. The van der Waals surface area contributed by atoms with Gasteiger partial charge in [-0.3, -0.25) is 14.5 Å². The van der Waals surface area contributed by atoms with Crippen molar-refractivity contribution in [1.29, 1.82) is 0 Å². The Labute approximate surface area is 226 Å². The van der Waals surface area contributed by atoms with E-state index in [9.17, 15) is 9.59 Å². The van der Waals surface area contributed by atoms with E-state index in [1.54, 1.807) is 12.0 Å². The lowest BCUT2D eigenvalue weighted by atomic mass is 9.69. The van der Waals surface area contributed by atoms with Crippen LogP contribution >= 0.6 is 0 Å². The summed E-state index contributed by atoms with van der Waals surface area (Å²) >= 11 is 0. The summed E-state index contributed by atoms with van der Waals surface area (Å²) in [6.07, 6.45) is 7.79. The van der Waals surface area contributed by atoms with Gasteiger partial charge >= 0.3 is 0 Å². The van der Waals surface area contributed by atoms with Crippen LogP contribution in [0.5, 0.6) is 5.75 Å². The first-order valence-electron chi connectivity index (χ1n) is 14.4. The highest BCUT2D eigenvalue weighted by Gasteiger charge is 2.47. The van der Waals surface area contributed by atoms with Crippen LogP contribution in [-0.2, 0) is 20.7 Å². The zero-order valence-corrected chi connectivity index (χ0v) is 23.4. The Morgan fingerprint density at radius 2 is 2.03 bits per heavy atom. The van der Waals surface area contributed by atoms with Gasteiger partial charge in [-0.1, -0.05) is 25.5 Å². The second-order valence-corrected chi connectivity index (χ2v) is 12.5. The zero-order chi connectivity index (χ0) is 27.1.